The normalized spacial score (nSPS) is 12.1. The summed E-state index contributed by atoms with van der Waals surface area (Å²) in [5.74, 6) is 2.36. The van der Waals surface area contributed by atoms with Crippen LogP contribution in [0.3, 0.4) is 0 Å². The van der Waals surface area contributed by atoms with Crippen molar-refractivity contribution in [1.82, 2.24) is 0 Å². The Labute approximate surface area is 127 Å². The molecule has 0 N–H and O–H groups in total. The van der Waals surface area contributed by atoms with Crippen molar-refractivity contribution in [3.05, 3.63) is 54.6 Å². The van der Waals surface area contributed by atoms with Crippen LogP contribution in [0, 0.1) is 5.92 Å². The molecule has 0 amide bonds. The smallest absolute Gasteiger partial charge is 0.127 e. The van der Waals surface area contributed by atoms with Crippen LogP contribution in [0.5, 0.6) is 5.75 Å². The van der Waals surface area contributed by atoms with Crippen LogP contribution in [-0.2, 0) is 0 Å². The van der Waals surface area contributed by atoms with Crippen molar-refractivity contribution in [2.45, 2.75) is 19.8 Å². The molecule has 0 radical (unpaired) electrons. The largest absolute Gasteiger partial charge is 0.493 e. The van der Waals surface area contributed by atoms with E-state index in [0.717, 1.165) is 30.1 Å². The molecule has 0 bridgehead atoms. The van der Waals surface area contributed by atoms with Crippen molar-refractivity contribution in [1.29, 1.82) is 0 Å². The highest BCUT2D eigenvalue weighted by Gasteiger charge is 2.09. The van der Waals surface area contributed by atoms with Crippen LogP contribution in [0.1, 0.15) is 19.8 Å². The van der Waals surface area contributed by atoms with Gasteiger partial charge in [-0.05, 0) is 23.8 Å². The highest BCUT2D eigenvalue weighted by molar-refractivity contribution is 7.80. The summed E-state index contributed by atoms with van der Waals surface area (Å²) >= 11 is 4.41. The molecule has 0 aliphatic heterocycles. The van der Waals surface area contributed by atoms with Gasteiger partial charge in [0.25, 0.3) is 0 Å². The van der Waals surface area contributed by atoms with Crippen molar-refractivity contribution in [2.75, 3.05) is 12.4 Å². The van der Waals surface area contributed by atoms with E-state index in [2.05, 4.69) is 56.0 Å². The molecule has 0 heterocycles. The molecule has 20 heavy (non-hydrogen) atoms. The Morgan fingerprint density at radius 2 is 1.70 bits per heavy atom. The lowest BCUT2D eigenvalue weighted by atomic mass is 10.0. The van der Waals surface area contributed by atoms with Gasteiger partial charge in [0.05, 0.1) is 6.61 Å². The number of benzene rings is 2. The summed E-state index contributed by atoms with van der Waals surface area (Å²) in [6.45, 7) is 2.94. The first-order valence-corrected chi connectivity index (χ1v) is 7.86. The van der Waals surface area contributed by atoms with Gasteiger partial charge in [0.2, 0.25) is 0 Å². The molecule has 106 valence electrons. The van der Waals surface area contributed by atoms with Crippen molar-refractivity contribution in [3.8, 4) is 16.9 Å². The number of ether oxygens (including phenoxy) is 1. The van der Waals surface area contributed by atoms with E-state index >= 15 is 0 Å². The summed E-state index contributed by atoms with van der Waals surface area (Å²) in [5, 5.41) is 0. The maximum Gasteiger partial charge on any atom is 0.127 e. The quantitative estimate of drug-likeness (QED) is 0.698. The monoisotopic (exact) mass is 286 g/mol. The highest BCUT2D eigenvalue weighted by atomic mass is 32.1. The van der Waals surface area contributed by atoms with Gasteiger partial charge in [0.1, 0.15) is 5.75 Å². The van der Waals surface area contributed by atoms with Gasteiger partial charge < -0.3 is 4.74 Å². The molecular weight excluding hydrogens is 264 g/mol. The summed E-state index contributed by atoms with van der Waals surface area (Å²) in [4.78, 5) is 0. The second kappa shape index (κ2) is 8.01. The van der Waals surface area contributed by atoms with Crippen molar-refractivity contribution in [3.63, 3.8) is 0 Å². The Kier molecular flexibility index (Phi) is 6.00. The Morgan fingerprint density at radius 3 is 2.40 bits per heavy atom. The van der Waals surface area contributed by atoms with Crippen molar-refractivity contribution < 1.29 is 4.74 Å². The minimum absolute atomic E-state index is 0.521. The van der Waals surface area contributed by atoms with E-state index in [1.54, 1.807) is 0 Å². The van der Waals surface area contributed by atoms with Crippen LogP contribution in [-0.4, -0.2) is 12.4 Å². The van der Waals surface area contributed by atoms with Gasteiger partial charge in [-0.2, -0.15) is 12.6 Å². The number of rotatable bonds is 7. The highest BCUT2D eigenvalue weighted by Crippen LogP contribution is 2.30. The van der Waals surface area contributed by atoms with Crippen LogP contribution in [0.25, 0.3) is 11.1 Å². The lowest BCUT2D eigenvalue weighted by Crippen LogP contribution is -2.13. The first-order chi connectivity index (χ1) is 9.85. The maximum absolute atomic E-state index is 6.05. The number of thiol groups is 1. The zero-order valence-electron chi connectivity index (χ0n) is 12.0. The van der Waals surface area contributed by atoms with Gasteiger partial charge in [-0.25, -0.2) is 0 Å². The van der Waals surface area contributed by atoms with E-state index in [-0.39, 0.29) is 0 Å². The molecule has 0 fully saturated rings. The molecule has 1 atom stereocenters. The second-order valence-corrected chi connectivity index (χ2v) is 5.38. The fraction of sp³-hybridized carbons (Fsp3) is 0.333. The summed E-state index contributed by atoms with van der Waals surface area (Å²) in [6.07, 6.45) is 2.34. The molecule has 1 nitrogen and oxygen atoms in total. The van der Waals surface area contributed by atoms with E-state index in [0.29, 0.717) is 5.92 Å². The standard InChI is InChI=1S/C18H22OS/c1-2-8-15(14-20)13-19-18-12-7-6-11-17(18)16-9-4-3-5-10-16/h3-7,9-12,15,20H,2,8,13-14H2,1H3. The van der Waals surface area contributed by atoms with Gasteiger partial charge in [-0.15, -0.1) is 0 Å². The molecule has 2 heteroatoms. The molecule has 0 spiro atoms. The second-order valence-electron chi connectivity index (χ2n) is 5.01. The van der Waals surface area contributed by atoms with Gasteiger partial charge in [-0.3, -0.25) is 0 Å². The topological polar surface area (TPSA) is 9.23 Å². The van der Waals surface area contributed by atoms with E-state index in [9.17, 15) is 0 Å². The van der Waals surface area contributed by atoms with Crippen molar-refractivity contribution in [2.24, 2.45) is 5.92 Å². The Morgan fingerprint density at radius 1 is 1.00 bits per heavy atom. The Balaban J connectivity index is 2.12. The minimum atomic E-state index is 0.521. The summed E-state index contributed by atoms with van der Waals surface area (Å²) in [7, 11) is 0. The fourth-order valence-corrected chi connectivity index (χ4v) is 2.58. The Hall–Kier alpha value is -1.41. The number of hydrogen-bond acceptors (Lipinski definition) is 2. The first-order valence-electron chi connectivity index (χ1n) is 7.23. The van der Waals surface area contributed by atoms with E-state index in [4.69, 9.17) is 4.74 Å². The van der Waals surface area contributed by atoms with Crippen LogP contribution in [0.15, 0.2) is 54.6 Å². The lowest BCUT2D eigenvalue weighted by molar-refractivity contribution is 0.255. The Bertz CT molecular complexity index is 510. The predicted molar refractivity (Wildman–Crippen MR) is 89.6 cm³/mol. The van der Waals surface area contributed by atoms with Crippen LogP contribution >= 0.6 is 12.6 Å². The van der Waals surface area contributed by atoms with Crippen LogP contribution < -0.4 is 4.74 Å². The third-order valence-electron chi connectivity index (χ3n) is 3.40. The summed E-state index contributed by atoms with van der Waals surface area (Å²) < 4.78 is 6.05. The zero-order chi connectivity index (χ0) is 14.2. The summed E-state index contributed by atoms with van der Waals surface area (Å²) in [5.41, 5.74) is 2.35. The molecule has 0 aliphatic carbocycles. The van der Waals surface area contributed by atoms with Crippen molar-refractivity contribution >= 4 is 12.6 Å². The molecule has 0 aromatic heterocycles. The minimum Gasteiger partial charge on any atom is -0.493 e. The molecule has 0 saturated heterocycles. The van der Waals surface area contributed by atoms with Crippen LogP contribution in [0.4, 0.5) is 0 Å². The molecule has 2 aromatic rings. The molecule has 0 aliphatic rings. The molecule has 0 saturated carbocycles. The third kappa shape index (κ3) is 4.04. The van der Waals surface area contributed by atoms with Gasteiger partial charge >= 0.3 is 0 Å². The fourth-order valence-electron chi connectivity index (χ4n) is 2.29. The average Bonchev–Trinajstić information content (AvgIpc) is 2.52. The molecule has 2 aromatic carbocycles. The summed E-state index contributed by atoms with van der Waals surface area (Å²) in [6, 6.07) is 18.6. The van der Waals surface area contributed by atoms with E-state index < -0.39 is 0 Å². The van der Waals surface area contributed by atoms with E-state index in [1.807, 2.05) is 18.2 Å². The zero-order valence-corrected chi connectivity index (χ0v) is 12.9. The van der Waals surface area contributed by atoms with Crippen LogP contribution in [0.2, 0.25) is 0 Å². The average molecular weight is 286 g/mol. The third-order valence-corrected chi connectivity index (χ3v) is 3.92. The maximum atomic E-state index is 6.05. The van der Waals surface area contributed by atoms with Gasteiger partial charge in [0, 0.05) is 11.5 Å². The molecule has 2 rings (SSSR count). The predicted octanol–water partition coefficient (Wildman–Crippen LogP) is 5.08. The number of para-hydroxylation sites is 1. The first kappa shape index (κ1) is 15.0. The molecule has 1 unspecified atom stereocenters. The molecular formula is C18H22OS. The SMILES string of the molecule is CCCC(CS)COc1ccccc1-c1ccccc1. The van der Waals surface area contributed by atoms with Gasteiger partial charge in [-0.1, -0.05) is 61.9 Å². The number of hydrogen-bond donors (Lipinski definition) is 1. The van der Waals surface area contributed by atoms with E-state index in [1.165, 1.54) is 12.0 Å². The van der Waals surface area contributed by atoms with Gasteiger partial charge in [0.15, 0.2) is 0 Å². The lowest BCUT2D eigenvalue weighted by Gasteiger charge is -2.17.